The smallest absolute Gasteiger partial charge is 0.0629 e. The first-order valence-electron chi connectivity index (χ1n) is 18.1. The standard InChI is InChI=1S/C48H51B/c1-28-21-30(3)45(31(4)22-28)49(46-32(5)23-29(2)24-33(46)6)42-27-41(34-13-17-37(18-14-34)47(7,8)9)39-19-15-35-25-38(48(10,11)12)26-36-16-20-40(42)44(39)43(35)36/h13-27H,1-12H3. The summed E-state index contributed by atoms with van der Waals surface area (Å²) in [6, 6.07) is 35.9. The minimum absolute atomic E-state index is 0.0711. The Morgan fingerprint density at radius 2 is 0.878 bits per heavy atom. The molecule has 0 amide bonds. The molecule has 0 aromatic heterocycles. The van der Waals surface area contributed by atoms with E-state index in [4.69, 9.17) is 0 Å². The van der Waals surface area contributed by atoms with Crippen molar-refractivity contribution in [3.05, 3.63) is 136 Å². The predicted octanol–water partition coefficient (Wildman–Crippen LogP) is 11.2. The van der Waals surface area contributed by atoms with E-state index in [0.29, 0.717) is 0 Å². The summed E-state index contributed by atoms with van der Waals surface area (Å²) in [5.41, 5.74) is 17.8. The van der Waals surface area contributed by atoms with Gasteiger partial charge in [0, 0.05) is 0 Å². The van der Waals surface area contributed by atoms with E-state index in [1.807, 2.05) is 0 Å². The maximum absolute atomic E-state index is 2.55. The van der Waals surface area contributed by atoms with Crippen molar-refractivity contribution in [1.82, 2.24) is 0 Å². The maximum Gasteiger partial charge on any atom is 0.243 e. The largest absolute Gasteiger partial charge is 0.243 e. The lowest BCUT2D eigenvalue weighted by Gasteiger charge is -2.28. The minimum Gasteiger partial charge on any atom is -0.0629 e. The van der Waals surface area contributed by atoms with Crippen LogP contribution in [0.25, 0.3) is 43.4 Å². The van der Waals surface area contributed by atoms with Gasteiger partial charge in [-0.25, -0.2) is 0 Å². The molecule has 0 bridgehead atoms. The second kappa shape index (κ2) is 11.6. The fourth-order valence-corrected chi connectivity index (χ4v) is 8.75. The average Bonchev–Trinajstić information content (AvgIpc) is 3.01. The summed E-state index contributed by atoms with van der Waals surface area (Å²) in [7, 11) is 0. The van der Waals surface area contributed by atoms with Gasteiger partial charge in [-0.3, -0.25) is 0 Å². The molecule has 0 nitrogen and oxygen atoms in total. The Hall–Kier alpha value is -4.36. The third-order valence-corrected chi connectivity index (χ3v) is 11.0. The molecule has 0 saturated heterocycles. The molecule has 0 N–H and O–H groups in total. The molecule has 0 heterocycles. The van der Waals surface area contributed by atoms with Gasteiger partial charge in [-0.05, 0) is 107 Å². The van der Waals surface area contributed by atoms with Crippen LogP contribution in [-0.4, -0.2) is 6.71 Å². The van der Waals surface area contributed by atoms with Crippen LogP contribution < -0.4 is 16.4 Å². The van der Waals surface area contributed by atoms with Crippen LogP contribution in [0.5, 0.6) is 0 Å². The molecule has 0 spiro atoms. The minimum atomic E-state index is 0.0711. The monoisotopic (exact) mass is 638 g/mol. The molecule has 0 aliphatic rings. The van der Waals surface area contributed by atoms with E-state index >= 15 is 0 Å². The summed E-state index contributed by atoms with van der Waals surface area (Å²) in [6.45, 7) is 27.7. The molecule has 7 aromatic carbocycles. The summed E-state index contributed by atoms with van der Waals surface area (Å²) in [5, 5.41) is 8.11. The number of hydrogen-bond acceptors (Lipinski definition) is 0. The van der Waals surface area contributed by atoms with Gasteiger partial charge in [0.05, 0.1) is 0 Å². The Kier molecular flexibility index (Phi) is 7.86. The lowest BCUT2D eigenvalue weighted by Crippen LogP contribution is -2.56. The first-order chi connectivity index (χ1) is 23.0. The number of hydrogen-bond donors (Lipinski definition) is 0. The first kappa shape index (κ1) is 33.2. The highest BCUT2D eigenvalue weighted by atomic mass is 14.2. The van der Waals surface area contributed by atoms with Crippen molar-refractivity contribution in [1.29, 1.82) is 0 Å². The van der Waals surface area contributed by atoms with E-state index in [2.05, 4.69) is 174 Å². The molecule has 7 rings (SSSR count). The second-order valence-electron chi connectivity index (χ2n) is 17.0. The number of benzene rings is 7. The van der Waals surface area contributed by atoms with Gasteiger partial charge < -0.3 is 0 Å². The first-order valence-corrected chi connectivity index (χ1v) is 18.1. The van der Waals surface area contributed by atoms with Crippen molar-refractivity contribution in [3.8, 4) is 11.1 Å². The highest BCUT2D eigenvalue weighted by molar-refractivity contribution is 6.98. The molecular formula is C48H51B. The highest BCUT2D eigenvalue weighted by Crippen LogP contribution is 2.41. The van der Waals surface area contributed by atoms with Crippen molar-refractivity contribution in [2.45, 2.75) is 93.9 Å². The molecule has 246 valence electrons. The predicted molar refractivity (Wildman–Crippen MR) is 219 cm³/mol. The van der Waals surface area contributed by atoms with Gasteiger partial charge in [-0.2, -0.15) is 0 Å². The summed E-state index contributed by atoms with van der Waals surface area (Å²) >= 11 is 0. The molecule has 0 unspecified atom stereocenters. The average molecular weight is 639 g/mol. The van der Waals surface area contributed by atoms with Gasteiger partial charge in [0.25, 0.3) is 0 Å². The van der Waals surface area contributed by atoms with Crippen molar-refractivity contribution in [2.24, 2.45) is 0 Å². The summed E-state index contributed by atoms with van der Waals surface area (Å²) in [4.78, 5) is 0. The van der Waals surface area contributed by atoms with E-state index in [0.717, 1.165) is 0 Å². The van der Waals surface area contributed by atoms with Crippen molar-refractivity contribution in [3.63, 3.8) is 0 Å². The van der Waals surface area contributed by atoms with Crippen molar-refractivity contribution < 1.29 is 0 Å². The van der Waals surface area contributed by atoms with Gasteiger partial charge in [-0.15, -0.1) is 0 Å². The summed E-state index contributed by atoms with van der Waals surface area (Å²) in [5.74, 6) is 0. The normalized spacial score (nSPS) is 12.5. The third kappa shape index (κ3) is 5.66. The molecular weight excluding hydrogens is 587 g/mol. The Morgan fingerprint density at radius 1 is 0.429 bits per heavy atom. The van der Waals surface area contributed by atoms with Gasteiger partial charge >= 0.3 is 0 Å². The molecule has 49 heavy (non-hydrogen) atoms. The number of aryl methyl sites for hydroxylation is 6. The van der Waals surface area contributed by atoms with Crippen LogP contribution >= 0.6 is 0 Å². The van der Waals surface area contributed by atoms with Gasteiger partial charge in [0.2, 0.25) is 6.71 Å². The van der Waals surface area contributed by atoms with Crippen molar-refractivity contribution >= 4 is 55.4 Å². The SMILES string of the molecule is Cc1cc(C)c(B(c2c(C)cc(C)cc2C)c2cc(-c3ccc(C(C)(C)C)cc3)c3ccc4cc(C(C)(C)C)cc5ccc2c3c54)c(C)c1. The van der Waals surface area contributed by atoms with Crippen molar-refractivity contribution in [2.75, 3.05) is 0 Å². The quantitative estimate of drug-likeness (QED) is 0.133. The zero-order chi connectivity index (χ0) is 35.2. The van der Waals surface area contributed by atoms with Gasteiger partial charge in [-0.1, -0.05) is 182 Å². The maximum atomic E-state index is 2.55. The number of rotatable bonds is 4. The molecule has 0 atom stereocenters. The van der Waals surface area contributed by atoms with Crippen LogP contribution in [0.4, 0.5) is 0 Å². The Morgan fingerprint density at radius 3 is 1.33 bits per heavy atom. The molecule has 0 radical (unpaired) electrons. The summed E-state index contributed by atoms with van der Waals surface area (Å²) in [6.07, 6.45) is 0. The van der Waals surface area contributed by atoms with Crippen LogP contribution in [0.15, 0.2) is 91.0 Å². The van der Waals surface area contributed by atoms with Gasteiger partial charge in [0.15, 0.2) is 0 Å². The van der Waals surface area contributed by atoms with Crippen LogP contribution in [0.1, 0.15) is 86.1 Å². The lowest BCUT2D eigenvalue weighted by atomic mass is 9.33. The van der Waals surface area contributed by atoms with Crippen LogP contribution in [0.3, 0.4) is 0 Å². The zero-order valence-electron chi connectivity index (χ0n) is 31.7. The molecule has 0 aliphatic carbocycles. The topological polar surface area (TPSA) is 0 Å². The van der Waals surface area contributed by atoms with Crippen LogP contribution in [-0.2, 0) is 10.8 Å². The zero-order valence-corrected chi connectivity index (χ0v) is 31.7. The van der Waals surface area contributed by atoms with Crippen LogP contribution in [0.2, 0.25) is 0 Å². The Labute approximate surface area is 295 Å². The van der Waals surface area contributed by atoms with E-state index in [1.54, 1.807) is 0 Å². The lowest BCUT2D eigenvalue weighted by molar-refractivity contribution is 0.590. The Balaban J connectivity index is 1.66. The molecule has 1 heteroatoms. The highest BCUT2D eigenvalue weighted by Gasteiger charge is 2.32. The molecule has 0 fully saturated rings. The van der Waals surface area contributed by atoms with Gasteiger partial charge in [0.1, 0.15) is 0 Å². The Bertz CT molecular complexity index is 2270. The van der Waals surface area contributed by atoms with E-state index in [1.165, 1.54) is 104 Å². The van der Waals surface area contributed by atoms with E-state index in [-0.39, 0.29) is 17.5 Å². The fourth-order valence-electron chi connectivity index (χ4n) is 8.75. The van der Waals surface area contributed by atoms with E-state index in [9.17, 15) is 0 Å². The molecule has 7 aromatic rings. The van der Waals surface area contributed by atoms with E-state index < -0.39 is 0 Å². The second-order valence-corrected chi connectivity index (χ2v) is 17.0. The van der Waals surface area contributed by atoms with Crippen LogP contribution in [0, 0.1) is 41.5 Å². The molecule has 0 saturated carbocycles. The fraction of sp³-hybridized carbons (Fsp3) is 0.292. The summed E-state index contributed by atoms with van der Waals surface area (Å²) < 4.78 is 0. The third-order valence-electron chi connectivity index (χ3n) is 11.0. The molecule has 0 aliphatic heterocycles.